The molecule has 0 aliphatic heterocycles. The number of nitro benzene ring substituents is 1. The van der Waals surface area contributed by atoms with E-state index in [1.54, 1.807) is 0 Å². The van der Waals surface area contributed by atoms with Crippen LogP contribution >= 0.6 is 0 Å². The summed E-state index contributed by atoms with van der Waals surface area (Å²) < 4.78 is 18.8. The molecule has 0 radical (unpaired) electrons. The van der Waals surface area contributed by atoms with Crippen LogP contribution in [0.5, 0.6) is 0 Å². The van der Waals surface area contributed by atoms with Gasteiger partial charge in [0.05, 0.1) is 16.7 Å². The molecule has 1 aromatic heterocycles. The van der Waals surface area contributed by atoms with Crippen LogP contribution in [0.2, 0.25) is 0 Å². The van der Waals surface area contributed by atoms with Crippen molar-refractivity contribution in [2.24, 2.45) is 0 Å². The quantitative estimate of drug-likeness (QED) is 0.482. The van der Waals surface area contributed by atoms with Gasteiger partial charge in [-0.2, -0.15) is 0 Å². The van der Waals surface area contributed by atoms with E-state index >= 15 is 0 Å². The number of hydrogen-bond acceptors (Lipinski definition) is 5. The second-order valence-electron chi connectivity index (χ2n) is 4.54. The largest absolute Gasteiger partial charge is 0.440 e. The maximum atomic E-state index is 13.3. The van der Waals surface area contributed by atoms with Gasteiger partial charge in [0.2, 0.25) is 0 Å². The van der Waals surface area contributed by atoms with Crippen molar-refractivity contribution >= 4 is 5.69 Å². The van der Waals surface area contributed by atoms with Crippen molar-refractivity contribution in [1.82, 2.24) is 10.3 Å². The van der Waals surface area contributed by atoms with Gasteiger partial charge in [0.25, 0.3) is 5.69 Å². The number of rotatable bonds is 7. The van der Waals surface area contributed by atoms with Gasteiger partial charge >= 0.3 is 0 Å². The minimum atomic E-state index is -0.570. The number of benzene rings is 1. The van der Waals surface area contributed by atoms with E-state index in [0.717, 1.165) is 31.2 Å². The number of hydrogen-bond donors (Lipinski definition) is 1. The molecule has 2 aromatic rings. The Morgan fingerprint density at radius 3 is 2.95 bits per heavy atom. The third-order valence-corrected chi connectivity index (χ3v) is 2.92. The molecule has 0 saturated carbocycles. The van der Waals surface area contributed by atoms with Gasteiger partial charge in [-0.1, -0.05) is 6.92 Å². The van der Waals surface area contributed by atoms with Crippen molar-refractivity contribution in [2.45, 2.75) is 19.8 Å². The molecule has 21 heavy (non-hydrogen) atoms. The second kappa shape index (κ2) is 6.94. The average Bonchev–Trinajstić information content (AvgIpc) is 2.92. The summed E-state index contributed by atoms with van der Waals surface area (Å²) >= 11 is 0. The van der Waals surface area contributed by atoms with Gasteiger partial charge in [0, 0.05) is 19.0 Å². The van der Waals surface area contributed by atoms with Crippen LogP contribution in [0.1, 0.15) is 19.2 Å². The van der Waals surface area contributed by atoms with Gasteiger partial charge in [-0.3, -0.25) is 10.1 Å². The van der Waals surface area contributed by atoms with Gasteiger partial charge in [-0.25, -0.2) is 9.37 Å². The van der Waals surface area contributed by atoms with E-state index in [-0.39, 0.29) is 17.0 Å². The Balaban J connectivity index is 2.17. The highest BCUT2D eigenvalue weighted by molar-refractivity contribution is 5.68. The summed E-state index contributed by atoms with van der Waals surface area (Å²) in [6, 6.07) is 3.25. The first-order valence-corrected chi connectivity index (χ1v) is 6.71. The zero-order valence-corrected chi connectivity index (χ0v) is 11.6. The van der Waals surface area contributed by atoms with Crippen LogP contribution in [0, 0.1) is 15.9 Å². The Morgan fingerprint density at radius 2 is 2.24 bits per heavy atom. The summed E-state index contributed by atoms with van der Waals surface area (Å²) in [6.45, 7) is 3.68. The molecule has 0 atom stereocenters. The smallest absolute Gasteiger partial charge is 0.280 e. The zero-order valence-electron chi connectivity index (χ0n) is 11.6. The normalized spacial score (nSPS) is 10.8. The van der Waals surface area contributed by atoms with Crippen molar-refractivity contribution in [2.75, 3.05) is 13.1 Å². The highest BCUT2D eigenvalue weighted by Crippen LogP contribution is 2.30. The van der Waals surface area contributed by atoms with E-state index in [0.29, 0.717) is 18.9 Å². The Kier molecular flexibility index (Phi) is 4.99. The molecule has 0 aliphatic rings. The molecule has 0 unspecified atom stereocenters. The highest BCUT2D eigenvalue weighted by Gasteiger charge is 2.19. The van der Waals surface area contributed by atoms with E-state index < -0.39 is 10.7 Å². The molecule has 0 spiro atoms. The van der Waals surface area contributed by atoms with Crippen LogP contribution in [-0.2, 0) is 6.42 Å². The fraction of sp³-hybridized carbons (Fsp3) is 0.357. The summed E-state index contributed by atoms with van der Waals surface area (Å²) in [7, 11) is 0. The van der Waals surface area contributed by atoms with E-state index in [4.69, 9.17) is 4.42 Å². The van der Waals surface area contributed by atoms with Gasteiger partial charge in [0.1, 0.15) is 5.82 Å². The summed E-state index contributed by atoms with van der Waals surface area (Å²) in [5.74, 6) is 0.108. The molecule has 0 bridgehead atoms. The van der Waals surface area contributed by atoms with Crippen LogP contribution < -0.4 is 5.32 Å². The van der Waals surface area contributed by atoms with E-state index in [9.17, 15) is 14.5 Å². The summed E-state index contributed by atoms with van der Waals surface area (Å²) in [5.41, 5.74) is -0.108. The van der Waals surface area contributed by atoms with Gasteiger partial charge in [-0.15, -0.1) is 0 Å². The first-order chi connectivity index (χ1) is 10.1. The topological polar surface area (TPSA) is 81.2 Å². The third-order valence-electron chi connectivity index (χ3n) is 2.92. The summed E-state index contributed by atoms with van der Waals surface area (Å²) in [5, 5.41) is 14.2. The second-order valence-corrected chi connectivity index (χ2v) is 4.54. The Morgan fingerprint density at radius 1 is 1.43 bits per heavy atom. The lowest BCUT2D eigenvalue weighted by Crippen LogP contribution is -2.17. The number of nitro groups is 1. The van der Waals surface area contributed by atoms with E-state index in [1.807, 2.05) is 0 Å². The number of halogens is 1. The van der Waals surface area contributed by atoms with Crippen molar-refractivity contribution in [3.8, 4) is 11.3 Å². The predicted octanol–water partition coefficient (Wildman–Crippen LogP) is 2.93. The SMILES string of the molecule is CCCNCCc1ncc(-c2cc(F)ccc2[N+](=O)[O-])o1. The van der Waals surface area contributed by atoms with Crippen LogP contribution in [0.3, 0.4) is 0 Å². The maximum Gasteiger partial charge on any atom is 0.280 e. The standard InChI is InChI=1S/C14H16FN3O3/c1-2-6-16-7-5-14-17-9-13(21-14)11-8-10(15)3-4-12(11)18(19)20/h3-4,8-9,16H,2,5-7H2,1H3. The number of nitrogens with one attached hydrogen (secondary N) is 1. The molecule has 1 N–H and O–H groups in total. The predicted molar refractivity (Wildman–Crippen MR) is 75.4 cm³/mol. The molecule has 6 nitrogen and oxygen atoms in total. The van der Waals surface area contributed by atoms with Crippen LogP contribution in [0.25, 0.3) is 11.3 Å². The van der Waals surface area contributed by atoms with E-state index in [2.05, 4.69) is 17.2 Å². The van der Waals surface area contributed by atoms with Crippen LogP contribution in [0.15, 0.2) is 28.8 Å². The molecule has 0 aliphatic carbocycles. The summed E-state index contributed by atoms with van der Waals surface area (Å²) in [6.07, 6.45) is 2.99. The van der Waals surface area contributed by atoms with E-state index in [1.165, 1.54) is 6.20 Å². The monoisotopic (exact) mass is 293 g/mol. The first kappa shape index (κ1) is 15.1. The molecule has 7 heteroatoms. The third kappa shape index (κ3) is 3.85. The Labute approximate surface area is 121 Å². The first-order valence-electron chi connectivity index (χ1n) is 6.71. The average molecular weight is 293 g/mol. The molecule has 0 fully saturated rings. The highest BCUT2D eigenvalue weighted by atomic mass is 19.1. The van der Waals surface area contributed by atoms with Crippen LogP contribution in [0.4, 0.5) is 10.1 Å². The van der Waals surface area contributed by atoms with Crippen molar-refractivity contribution in [3.05, 3.63) is 46.2 Å². The fourth-order valence-electron chi connectivity index (χ4n) is 1.91. The van der Waals surface area contributed by atoms with Crippen molar-refractivity contribution in [1.29, 1.82) is 0 Å². The Hall–Kier alpha value is -2.28. The summed E-state index contributed by atoms with van der Waals surface area (Å²) in [4.78, 5) is 14.5. The van der Waals surface area contributed by atoms with Gasteiger partial charge < -0.3 is 9.73 Å². The molecule has 112 valence electrons. The molecule has 1 aromatic carbocycles. The number of aromatic nitrogens is 1. The minimum Gasteiger partial charge on any atom is -0.440 e. The lowest BCUT2D eigenvalue weighted by molar-refractivity contribution is -0.384. The van der Waals surface area contributed by atoms with Gasteiger partial charge in [-0.05, 0) is 25.1 Å². The van der Waals surface area contributed by atoms with Crippen molar-refractivity contribution in [3.63, 3.8) is 0 Å². The Bertz CT molecular complexity index is 628. The number of nitrogens with zero attached hydrogens (tertiary/aromatic N) is 2. The molecule has 2 rings (SSSR count). The molecular formula is C14H16FN3O3. The van der Waals surface area contributed by atoms with Crippen LogP contribution in [-0.4, -0.2) is 23.0 Å². The minimum absolute atomic E-state index is 0.0975. The molecule has 0 amide bonds. The zero-order chi connectivity index (χ0) is 15.2. The lowest BCUT2D eigenvalue weighted by atomic mass is 10.1. The lowest BCUT2D eigenvalue weighted by Gasteiger charge is -2.00. The molecule has 1 heterocycles. The van der Waals surface area contributed by atoms with Gasteiger partial charge in [0.15, 0.2) is 11.7 Å². The van der Waals surface area contributed by atoms with Crippen molar-refractivity contribution < 1.29 is 13.7 Å². The molecule has 0 saturated heterocycles. The molecular weight excluding hydrogens is 277 g/mol. The maximum absolute atomic E-state index is 13.3. The fourth-order valence-corrected chi connectivity index (χ4v) is 1.91. The number of oxazole rings is 1.